The largest absolute Gasteiger partial charge is 0.418 e. The molecular weight excluding hydrogens is 259 g/mol. The number of aromatic nitrogens is 2. The van der Waals surface area contributed by atoms with Crippen LogP contribution in [0, 0.1) is 0 Å². The predicted molar refractivity (Wildman–Crippen MR) is 64.0 cm³/mol. The Morgan fingerprint density at radius 3 is 2.63 bits per heavy atom. The van der Waals surface area contributed by atoms with E-state index < -0.39 is 18.3 Å². The second kappa shape index (κ2) is 4.63. The molecule has 0 aliphatic carbocycles. The number of aliphatic hydroxyl groups is 1. The van der Waals surface area contributed by atoms with Crippen LogP contribution in [0.4, 0.5) is 19.0 Å². The van der Waals surface area contributed by atoms with E-state index in [1.165, 1.54) is 11.1 Å². The molecule has 19 heavy (non-hydrogen) atoms. The Hall–Kier alpha value is -1.37. The Bertz CT molecular complexity index is 464. The molecule has 0 bridgehead atoms. The zero-order chi connectivity index (χ0) is 14.3. The van der Waals surface area contributed by atoms with Gasteiger partial charge in [0.05, 0.1) is 6.54 Å². The SMILES string of the molecule is CC(C)c1nccc(N2CCC(O)(C(F)(F)F)C2)n1. The van der Waals surface area contributed by atoms with Gasteiger partial charge >= 0.3 is 6.18 Å². The Morgan fingerprint density at radius 1 is 1.42 bits per heavy atom. The zero-order valence-electron chi connectivity index (χ0n) is 10.8. The highest BCUT2D eigenvalue weighted by molar-refractivity contribution is 5.40. The van der Waals surface area contributed by atoms with Gasteiger partial charge in [-0.05, 0) is 6.07 Å². The van der Waals surface area contributed by atoms with Gasteiger partial charge in [0.2, 0.25) is 0 Å². The van der Waals surface area contributed by atoms with Crippen LogP contribution < -0.4 is 4.90 Å². The molecule has 2 rings (SSSR count). The number of hydrogen-bond acceptors (Lipinski definition) is 4. The van der Waals surface area contributed by atoms with E-state index in [1.807, 2.05) is 13.8 Å². The highest BCUT2D eigenvalue weighted by Gasteiger charge is 2.57. The number of halogens is 3. The van der Waals surface area contributed by atoms with Crippen molar-refractivity contribution in [3.8, 4) is 0 Å². The normalized spacial score (nSPS) is 24.3. The molecule has 106 valence electrons. The maximum Gasteiger partial charge on any atom is 0.418 e. The summed E-state index contributed by atoms with van der Waals surface area (Å²) in [6.07, 6.45) is -3.42. The van der Waals surface area contributed by atoms with E-state index >= 15 is 0 Å². The van der Waals surface area contributed by atoms with E-state index in [1.54, 1.807) is 6.07 Å². The van der Waals surface area contributed by atoms with Gasteiger partial charge in [0.1, 0.15) is 11.6 Å². The molecule has 1 saturated heterocycles. The Labute approximate surface area is 109 Å². The standard InChI is InChI=1S/C12H16F3N3O/c1-8(2)10-16-5-3-9(17-10)18-6-4-11(19,7-18)12(13,14)15/h3,5,8,19H,4,6-7H2,1-2H3. The highest BCUT2D eigenvalue weighted by Crippen LogP contribution is 2.38. The maximum atomic E-state index is 12.7. The fourth-order valence-corrected chi connectivity index (χ4v) is 2.04. The fraction of sp³-hybridized carbons (Fsp3) is 0.667. The first kappa shape index (κ1) is 14.0. The third kappa shape index (κ3) is 2.65. The molecule has 1 N–H and O–H groups in total. The second-order valence-electron chi connectivity index (χ2n) is 5.13. The number of hydrogen-bond donors (Lipinski definition) is 1. The third-order valence-corrected chi connectivity index (χ3v) is 3.28. The fourth-order valence-electron chi connectivity index (χ4n) is 2.04. The van der Waals surface area contributed by atoms with E-state index in [4.69, 9.17) is 0 Å². The van der Waals surface area contributed by atoms with Crippen molar-refractivity contribution in [3.63, 3.8) is 0 Å². The van der Waals surface area contributed by atoms with Crippen LogP contribution in [0.1, 0.15) is 32.0 Å². The summed E-state index contributed by atoms with van der Waals surface area (Å²) in [6.45, 7) is 3.47. The van der Waals surface area contributed by atoms with Gasteiger partial charge in [0, 0.05) is 25.1 Å². The summed E-state index contributed by atoms with van der Waals surface area (Å²) in [7, 11) is 0. The molecule has 7 heteroatoms. The molecule has 0 radical (unpaired) electrons. The highest BCUT2D eigenvalue weighted by atomic mass is 19.4. The minimum Gasteiger partial charge on any atom is -0.379 e. The topological polar surface area (TPSA) is 49.2 Å². The van der Waals surface area contributed by atoms with E-state index in [9.17, 15) is 18.3 Å². The molecule has 0 amide bonds. The van der Waals surface area contributed by atoms with Gasteiger partial charge in [-0.1, -0.05) is 13.8 Å². The van der Waals surface area contributed by atoms with Crippen molar-refractivity contribution < 1.29 is 18.3 Å². The van der Waals surface area contributed by atoms with E-state index in [2.05, 4.69) is 9.97 Å². The summed E-state index contributed by atoms with van der Waals surface area (Å²) < 4.78 is 38.2. The van der Waals surface area contributed by atoms with Crippen molar-refractivity contribution in [2.45, 2.75) is 38.0 Å². The van der Waals surface area contributed by atoms with Crippen molar-refractivity contribution in [2.75, 3.05) is 18.0 Å². The van der Waals surface area contributed by atoms with Crippen molar-refractivity contribution in [1.29, 1.82) is 0 Å². The smallest absolute Gasteiger partial charge is 0.379 e. The van der Waals surface area contributed by atoms with Crippen LogP contribution >= 0.6 is 0 Å². The van der Waals surface area contributed by atoms with E-state index in [0.717, 1.165) is 0 Å². The summed E-state index contributed by atoms with van der Waals surface area (Å²) in [6, 6.07) is 1.56. The van der Waals surface area contributed by atoms with Crippen LogP contribution in [0.2, 0.25) is 0 Å². The van der Waals surface area contributed by atoms with Gasteiger partial charge in [-0.2, -0.15) is 13.2 Å². The molecule has 1 aliphatic heterocycles. The number of alkyl halides is 3. The first-order valence-electron chi connectivity index (χ1n) is 6.10. The molecular formula is C12H16F3N3O. The molecule has 4 nitrogen and oxygen atoms in total. The maximum absolute atomic E-state index is 12.7. The number of anilines is 1. The summed E-state index contributed by atoms with van der Waals surface area (Å²) >= 11 is 0. The average Bonchev–Trinajstić information content (AvgIpc) is 2.73. The third-order valence-electron chi connectivity index (χ3n) is 3.28. The monoisotopic (exact) mass is 275 g/mol. The predicted octanol–water partition coefficient (Wildman–Crippen LogP) is 2.10. The molecule has 1 unspecified atom stereocenters. The van der Waals surface area contributed by atoms with Crippen LogP contribution in [-0.4, -0.2) is 39.9 Å². The molecule has 1 aromatic rings. The van der Waals surface area contributed by atoms with Crippen molar-refractivity contribution in [3.05, 3.63) is 18.1 Å². The van der Waals surface area contributed by atoms with Crippen LogP contribution in [0.5, 0.6) is 0 Å². The minimum atomic E-state index is -4.62. The molecule has 1 aromatic heterocycles. The van der Waals surface area contributed by atoms with Gasteiger partial charge < -0.3 is 10.0 Å². The molecule has 1 atom stereocenters. The van der Waals surface area contributed by atoms with Crippen molar-refractivity contribution >= 4 is 5.82 Å². The lowest BCUT2D eigenvalue weighted by Crippen LogP contribution is -2.47. The zero-order valence-corrected chi connectivity index (χ0v) is 10.8. The van der Waals surface area contributed by atoms with E-state index in [-0.39, 0.29) is 18.9 Å². The second-order valence-corrected chi connectivity index (χ2v) is 5.13. The molecule has 0 saturated carbocycles. The molecule has 1 aliphatic rings. The Morgan fingerprint density at radius 2 is 2.11 bits per heavy atom. The van der Waals surface area contributed by atoms with Crippen LogP contribution in [-0.2, 0) is 0 Å². The lowest BCUT2D eigenvalue weighted by Gasteiger charge is -2.26. The lowest BCUT2D eigenvalue weighted by atomic mass is 10.0. The molecule has 0 spiro atoms. The van der Waals surface area contributed by atoms with Crippen molar-refractivity contribution in [1.82, 2.24) is 9.97 Å². The van der Waals surface area contributed by atoms with Crippen molar-refractivity contribution in [2.24, 2.45) is 0 Å². The quantitative estimate of drug-likeness (QED) is 0.898. The van der Waals surface area contributed by atoms with Gasteiger partial charge in [-0.3, -0.25) is 0 Å². The minimum absolute atomic E-state index is 0.101. The molecule has 0 aromatic carbocycles. The van der Waals surface area contributed by atoms with Gasteiger partial charge in [0.15, 0.2) is 5.60 Å². The summed E-state index contributed by atoms with van der Waals surface area (Å²) in [5.74, 6) is 1.11. The summed E-state index contributed by atoms with van der Waals surface area (Å²) in [5.41, 5.74) is -2.64. The van der Waals surface area contributed by atoms with Crippen LogP contribution in [0.25, 0.3) is 0 Å². The van der Waals surface area contributed by atoms with Crippen LogP contribution in [0.3, 0.4) is 0 Å². The van der Waals surface area contributed by atoms with Gasteiger partial charge in [-0.25, -0.2) is 9.97 Å². The van der Waals surface area contributed by atoms with Crippen LogP contribution in [0.15, 0.2) is 12.3 Å². The number of β-amino-alcohol motifs (C(OH)–C–C–N with tert-alkyl or cyclic N) is 1. The first-order chi connectivity index (χ1) is 8.73. The Balaban J connectivity index is 2.20. The molecule has 2 heterocycles. The van der Waals surface area contributed by atoms with E-state index in [0.29, 0.717) is 11.6 Å². The van der Waals surface area contributed by atoms with Gasteiger partial charge in [0.25, 0.3) is 0 Å². The lowest BCUT2D eigenvalue weighted by molar-refractivity contribution is -0.250. The number of rotatable bonds is 2. The molecule has 1 fully saturated rings. The summed E-state index contributed by atoms with van der Waals surface area (Å²) in [4.78, 5) is 9.76. The Kier molecular flexibility index (Phi) is 3.42. The number of nitrogens with zero attached hydrogens (tertiary/aromatic N) is 3. The average molecular weight is 275 g/mol. The summed E-state index contributed by atoms with van der Waals surface area (Å²) in [5, 5.41) is 9.63. The van der Waals surface area contributed by atoms with Gasteiger partial charge in [-0.15, -0.1) is 0 Å². The first-order valence-corrected chi connectivity index (χ1v) is 6.10.